The maximum Gasteiger partial charge on any atom is 0.321 e. The first-order valence-electron chi connectivity index (χ1n) is 10.7. The Labute approximate surface area is 190 Å². The van der Waals surface area contributed by atoms with E-state index in [-0.39, 0.29) is 11.6 Å². The summed E-state index contributed by atoms with van der Waals surface area (Å²) in [5.41, 5.74) is 2.87. The third kappa shape index (κ3) is 5.17. The number of piperidine rings is 1. The zero-order valence-electron chi connectivity index (χ0n) is 17.9. The minimum Gasteiger partial charge on any atom is -0.345 e. The van der Waals surface area contributed by atoms with Crippen molar-refractivity contribution in [3.05, 3.63) is 71.8 Å². The molecule has 9 nitrogen and oxygen atoms in total. The Hall–Kier alpha value is -3.79. The van der Waals surface area contributed by atoms with Crippen molar-refractivity contribution in [2.75, 3.05) is 23.7 Å². The van der Waals surface area contributed by atoms with Crippen LogP contribution in [0.25, 0.3) is 0 Å². The van der Waals surface area contributed by atoms with E-state index < -0.39 is 17.3 Å². The predicted molar refractivity (Wildman–Crippen MR) is 120 cm³/mol. The van der Waals surface area contributed by atoms with Gasteiger partial charge in [-0.3, -0.25) is 10.0 Å². The Bertz CT molecular complexity index is 1080. The Balaban J connectivity index is 1.48. The number of nitrogens with one attached hydrogen (secondary N) is 3. The lowest BCUT2D eigenvalue weighted by atomic mass is 9.77. The normalized spacial score (nSPS) is 17.2. The molecule has 0 spiro atoms. The van der Waals surface area contributed by atoms with Gasteiger partial charge in [0.1, 0.15) is 5.82 Å². The molecule has 4 N–H and O–H groups in total. The van der Waals surface area contributed by atoms with Crippen molar-refractivity contribution in [2.45, 2.75) is 31.2 Å². The molecule has 0 bridgehead atoms. The van der Waals surface area contributed by atoms with Gasteiger partial charge >= 0.3 is 6.03 Å². The van der Waals surface area contributed by atoms with Crippen molar-refractivity contribution >= 4 is 23.6 Å². The van der Waals surface area contributed by atoms with Gasteiger partial charge in [-0.1, -0.05) is 24.3 Å². The number of carbonyl (C=O) groups is 2. The van der Waals surface area contributed by atoms with Gasteiger partial charge in [-0.25, -0.2) is 24.6 Å². The van der Waals surface area contributed by atoms with Gasteiger partial charge in [0.2, 0.25) is 5.95 Å². The summed E-state index contributed by atoms with van der Waals surface area (Å²) in [5.74, 6) is -0.735. The molecule has 10 heteroatoms. The lowest BCUT2D eigenvalue weighted by Gasteiger charge is -2.44. The van der Waals surface area contributed by atoms with Crippen LogP contribution in [0, 0.1) is 5.82 Å². The zero-order valence-corrected chi connectivity index (χ0v) is 17.9. The number of benzene rings is 1. The van der Waals surface area contributed by atoms with Crippen molar-refractivity contribution in [1.29, 1.82) is 0 Å². The number of allylic oxidation sites excluding steroid dienone is 3. The first-order valence-corrected chi connectivity index (χ1v) is 10.7. The van der Waals surface area contributed by atoms with Crippen LogP contribution in [0.3, 0.4) is 0 Å². The van der Waals surface area contributed by atoms with Crippen LogP contribution in [0.15, 0.2) is 60.5 Å². The van der Waals surface area contributed by atoms with E-state index >= 15 is 0 Å². The molecule has 0 unspecified atom stereocenters. The molecule has 2 heterocycles. The Morgan fingerprint density at radius 1 is 1.15 bits per heavy atom. The summed E-state index contributed by atoms with van der Waals surface area (Å²) in [4.78, 5) is 34.4. The second-order valence-electron chi connectivity index (χ2n) is 8.03. The number of carbonyl (C=O) groups excluding carboxylic acids is 2. The van der Waals surface area contributed by atoms with E-state index in [1.165, 1.54) is 30.1 Å². The molecule has 0 saturated carbocycles. The van der Waals surface area contributed by atoms with E-state index in [1.807, 2.05) is 6.08 Å². The van der Waals surface area contributed by atoms with E-state index in [2.05, 4.69) is 32.8 Å². The van der Waals surface area contributed by atoms with Gasteiger partial charge < -0.3 is 15.5 Å². The molecule has 1 aliphatic carbocycles. The maximum atomic E-state index is 13.4. The summed E-state index contributed by atoms with van der Waals surface area (Å²) in [7, 11) is 0. The molecule has 1 fully saturated rings. The zero-order chi connectivity index (χ0) is 23.3. The SMILES string of the molecule is O=C(NO)c1cnc(NC2(C3=CC=CCC3)CCN(C(=O)Nc3cccc(F)c3)CC2)nc1. The molecular weight excluding hydrogens is 427 g/mol. The van der Waals surface area contributed by atoms with Gasteiger partial charge in [0.05, 0.1) is 11.1 Å². The second-order valence-corrected chi connectivity index (χ2v) is 8.03. The van der Waals surface area contributed by atoms with Crippen molar-refractivity contribution in [2.24, 2.45) is 0 Å². The minimum atomic E-state index is -0.686. The monoisotopic (exact) mass is 452 g/mol. The number of nitrogens with zero attached hydrogens (tertiary/aromatic N) is 3. The highest BCUT2D eigenvalue weighted by atomic mass is 19.1. The Kier molecular flexibility index (Phi) is 6.64. The van der Waals surface area contributed by atoms with Gasteiger partial charge in [0, 0.05) is 31.2 Å². The number of halogens is 1. The van der Waals surface area contributed by atoms with Crippen molar-refractivity contribution in [1.82, 2.24) is 20.3 Å². The number of amides is 3. The summed E-state index contributed by atoms with van der Waals surface area (Å²) in [6.45, 7) is 0.973. The molecule has 1 saturated heterocycles. The van der Waals surface area contributed by atoms with Crippen LogP contribution in [0.1, 0.15) is 36.0 Å². The largest absolute Gasteiger partial charge is 0.345 e. The summed E-state index contributed by atoms with van der Waals surface area (Å²) < 4.78 is 13.4. The van der Waals surface area contributed by atoms with Crippen molar-refractivity contribution in [3.8, 4) is 0 Å². The van der Waals surface area contributed by atoms with Crippen LogP contribution in [0.2, 0.25) is 0 Å². The van der Waals surface area contributed by atoms with Gasteiger partial charge in [0.15, 0.2) is 0 Å². The van der Waals surface area contributed by atoms with Crippen LogP contribution in [-0.2, 0) is 0 Å². The van der Waals surface area contributed by atoms with E-state index in [9.17, 15) is 14.0 Å². The number of hydrogen-bond donors (Lipinski definition) is 4. The molecule has 0 radical (unpaired) electrons. The number of anilines is 2. The highest BCUT2D eigenvalue weighted by Crippen LogP contribution is 2.36. The molecule has 33 heavy (non-hydrogen) atoms. The predicted octanol–water partition coefficient (Wildman–Crippen LogP) is 3.49. The quantitative estimate of drug-likeness (QED) is 0.407. The first-order chi connectivity index (χ1) is 16.0. The van der Waals surface area contributed by atoms with Crippen LogP contribution in [-0.4, -0.2) is 50.6 Å². The highest BCUT2D eigenvalue weighted by Gasteiger charge is 2.39. The molecule has 1 aromatic carbocycles. The smallest absolute Gasteiger partial charge is 0.321 e. The Morgan fingerprint density at radius 2 is 1.91 bits per heavy atom. The molecule has 4 rings (SSSR count). The number of rotatable bonds is 5. The number of aromatic nitrogens is 2. The minimum absolute atomic E-state index is 0.140. The van der Waals surface area contributed by atoms with E-state index in [1.54, 1.807) is 22.5 Å². The van der Waals surface area contributed by atoms with Gasteiger partial charge in [0.25, 0.3) is 5.91 Å². The van der Waals surface area contributed by atoms with Gasteiger partial charge in [-0.15, -0.1) is 0 Å². The molecule has 2 aliphatic rings. The fourth-order valence-electron chi connectivity index (χ4n) is 4.18. The molecule has 2 aromatic rings. The molecule has 1 aliphatic heterocycles. The topological polar surface area (TPSA) is 119 Å². The Morgan fingerprint density at radius 3 is 2.55 bits per heavy atom. The number of hydrogen-bond acceptors (Lipinski definition) is 6. The van der Waals surface area contributed by atoms with E-state index in [0.29, 0.717) is 37.6 Å². The van der Waals surface area contributed by atoms with Crippen molar-refractivity contribution in [3.63, 3.8) is 0 Å². The van der Waals surface area contributed by atoms with Crippen molar-refractivity contribution < 1.29 is 19.2 Å². The molecule has 1 aromatic heterocycles. The van der Waals surface area contributed by atoms with E-state index in [4.69, 9.17) is 5.21 Å². The standard InChI is InChI=1S/C23H25FN6O3/c24-18-7-4-8-19(13-18)27-22(32)30-11-9-23(10-12-30,17-5-2-1-3-6-17)28-21-25-14-16(15-26-21)20(31)29-33/h1-2,4-5,7-8,13-15,33H,3,6,9-12H2,(H,27,32)(H,29,31)(H,25,26,28). The molecule has 3 amide bonds. The summed E-state index contributed by atoms with van der Waals surface area (Å²) in [6, 6.07) is 5.53. The third-order valence-corrected chi connectivity index (χ3v) is 5.98. The first kappa shape index (κ1) is 22.4. The lowest BCUT2D eigenvalue weighted by molar-refractivity contribution is 0.0705. The molecular formula is C23H25FN6O3. The number of hydroxylamine groups is 1. The van der Waals surface area contributed by atoms with Crippen LogP contribution >= 0.6 is 0 Å². The van der Waals surface area contributed by atoms with E-state index in [0.717, 1.165) is 12.8 Å². The van der Waals surface area contributed by atoms with Gasteiger partial charge in [-0.2, -0.15) is 0 Å². The molecule has 0 atom stereocenters. The second kappa shape index (κ2) is 9.78. The fraction of sp³-hybridized carbons (Fsp3) is 0.304. The van der Waals surface area contributed by atoms with Crippen LogP contribution < -0.4 is 16.1 Å². The van der Waals surface area contributed by atoms with Crippen LogP contribution in [0.5, 0.6) is 0 Å². The molecule has 172 valence electrons. The number of likely N-dealkylation sites (tertiary alicyclic amines) is 1. The summed E-state index contributed by atoms with van der Waals surface area (Å²) >= 11 is 0. The summed E-state index contributed by atoms with van der Waals surface area (Å²) in [6.07, 6.45) is 12.0. The average molecular weight is 452 g/mol. The average Bonchev–Trinajstić information content (AvgIpc) is 2.85. The lowest BCUT2D eigenvalue weighted by Crippen LogP contribution is -2.53. The number of urea groups is 1. The van der Waals surface area contributed by atoms with Gasteiger partial charge in [-0.05, 0) is 49.5 Å². The third-order valence-electron chi connectivity index (χ3n) is 5.98. The maximum absolute atomic E-state index is 13.4. The fourth-order valence-corrected chi connectivity index (χ4v) is 4.18. The highest BCUT2D eigenvalue weighted by molar-refractivity contribution is 5.92. The van der Waals surface area contributed by atoms with Crippen LogP contribution in [0.4, 0.5) is 20.8 Å². The summed E-state index contributed by atoms with van der Waals surface area (Å²) in [5, 5.41) is 15.0.